The molecule has 0 saturated carbocycles. The molecule has 24 heavy (non-hydrogen) atoms. The molecule has 1 aromatic heterocycles. The summed E-state index contributed by atoms with van der Waals surface area (Å²) in [5.74, 6) is 0.665. The van der Waals surface area contributed by atoms with Gasteiger partial charge in [-0.2, -0.15) is 0 Å². The van der Waals surface area contributed by atoms with Crippen LogP contribution in [0.5, 0.6) is 5.75 Å². The molecule has 0 atom stereocenters. The summed E-state index contributed by atoms with van der Waals surface area (Å²) < 4.78 is 5.09. The maximum atomic E-state index is 12.2. The van der Waals surface area contributed by atoms with Crippen LogP contribution in [0.1, 0.15) is 22.4 Å². The second-order valence-corrected chi connectivity index (χ2v) is 5.66. The Hall–Kier alpha value is -3.08. The average Bonchev–Trinajstić information content (AvgIpc) is 2.57. The van der Waals surface area contributed by atoms with Crippen molar-refractivity contribution in [3.63, 3.8) is 0 Å². The highest BCUT2D eigenvalue weighted by Crippen LogP contribution is 2.19. The number of benzene rings is 2. The molecule has 2 aromatic carbocycles. The number of aliphatic hydroxyl groups is 1. The fraction of sp³-hybridized carbons (Fsp3) is 0.158. The molecule has 0 aliphatic heterocycles. The normalized spacial score (nSPS) is 11.7. The Morgan fingerprint density at radius 2 is 1.83 bits per heavy atom. The molecule has 2 N–H and O–H groups in total. The first-order valence-electron chi connectivity index (χ1n) is 7.54. The van der Waals surface area contributed by atoms with Crippen molar-refractivity contribution in [2.24, 2.45) is 0 Å². The number of hydrogen-bond donors (Lipinski definition) is 2. The molecule has 3 aromatic rings. The lowest BCUT2D eigenvalue weighted by molar-refractivity contribution is 0.414. The van der Waals surface area contributed by atoms with E-state index in [2.05, 4.69) is 9.97 Å². The fourth-order valence-corrected chi connectivity index (χ4v) is 2.43. The van der Waals surface area contributed by atoms with Gasteiger partial charge in [0.05, 0.1) is 18.1 Å². The Morgan fingerprint density at radius 1 is 1.17 bits per heavy atom. The van der Waals surface area contributed by atoms with E-state index in [0.29, 0.717) is 22.3 Å². The van der Waals surface area contributed by atoms with Crippen LogP contribution in [0.25, 0.3) is 22.9 Å². The number of aryl methyl sites for hydroxylation is 2. The zero-order valence-electron chi connectivity index (χ0n) is 13.8. The van der Waals surface area contributed by atoms with E-state index in [9.17, 15) is 9.90 Å². The lowest BCUT2D eigenvalue weighted by Gasteiger charge is -2.05. The zero-order valence-corrected chi connectivity index (χ0v) is 13.8. The Morgan fingerprint density at radius 3 is 2.50 bits per heavy atom. The number of aliphatic hydroxyl groups excluding tert-OH is 1. The van der Waals surface area contributed by atoms with Crippen molar-refractivity contribution in [3.8, 4) is 5.75 Å². The zero-order chi connectivity index (χ0) is 17.3. The van der Waals surface area contributed by atoms with E-state index in [1.807, 2.05) is 26.0 Å². The summed E-state index contributed by atoms with van der Waals surface area (Å²) in [6, 6.07) is 10.7. The topological polar surface area (TPSA) is 75.2 Å². The first-order chi connectivity index (χ1) is 11.5. The molecule has 0 amide bonds. The third-order valence-electron chi connectivity index (χ3n) is 3.99. The summed E-state index contributed by atoms with van der Waals surface area (Å²) >= 11 is 0. The summed E-state index contributed by atoms with van der Waals surface area (Å²) in [6.07, 6.45) is 1.37. The van der Waals surface area contributed by atoms with Crippen molar-refractivity contribution in [2.45, 2.75) is 13.8 Å². The average molecular weight is 322 g/mol. The summed E-state index contributed by atoms with van der Waals surface area (Å²) in [7, 11) is 1.58. The van der Waals surface area contributed by atoms with Crippen LogP contribution in [0, 0.1) is 13.8 Å². The third-order valence-corrected chi connectivity index (χ3v) is 3.99. The quantitative estimate of drug-likeness (QED) is 0.722. The fourth-order valence-electron chi connectivity index (χ4n) is 2.43. The second-order valence-electron chi connectivity index (χ2n) is 5.66. The number of nitrogens with zero attached hydrogens (tertiary/aromatic N) is 1. The summed E-state index contributed by atoms with van der Waals surface area (Å²) in [6.45, 7) is 3.97. The van der Waals surface area contributed by atoms with Gasteiger partial charge in [0.2, 0.25) is 0 Å². The molecule has 0 aliphatic rings. The molecule has 0 saturated heterocycles. The number of rotatable bonds is 3. The van der Waals surface area contributed by atoms with Gasteiger partial charge in [0.1, 0.15) is 17.2 Å². The summed E-state index contributed by atoms with van der Waals surface area (Å²) in [4.78, 5) is 19.4. The minimum atomic E-state index is -0.342. The van der Waals surface area contributed by atoms with Crippen molar-refractivity contribution in [3.05, 3.63) is 69.1 Å². The van der Waals surface area contributed by atoms with E-state index < -0.39 is 0 Å². The highest BCUT2D eigenvalue weighted by molar-refractivity contribution is 5.80. The van der Waals surface area contributed by atoms with Crippen LogP contribution in [0.2, 0.25) is 0 Å². The van der Waals surface area contributed by atoms with Crippen LogP contribution >= 0.6 is 0 Å². The first-order valence-corrected chi connectivity index (χ1v) is 7.54. The molecule has 122 valence electrons. The van der Waals surface area contributed by atoms with Gasteiger partial charge in [-0.25, -0.2) is 4.98 Å². The van der Waals surface area contributed by atoms with Crippen molar-refractivity contribution < 1.29 is 9.84 Å². The standard InChI is InChI=1S/C19H18N2O3/c1-11-8-15-16(9-12(11)2)21-19(23)17(20-15)10-18(22)13-4-6-14(24-3)7-5-13/h4-10,22H,1-3H3,(H,21,23). The molecule has 5 heteroatoms. The van der Waals surface area contributed by atoms with Crippen molar-refractivity contribution in [1.82, 2.24) is 9.97 Å². The van der Waals surface area contributed by atoms with Gasteiger partial charge in [0.25, 0.3) is 5.56 Å². The number of hydrogen-bond acceptors (Lipinski definition) is 4. The molecular weight excluding hydrogens is 304 g/mol. The SMILES string of the molecule is COc1ccc(C(O)=Cc2nc3cc(C)c(C)cc3[nH]c2=O)cc1. The van der Waals surface area contributed by atoms with Gasteiger partial charge in [-0.1, -0.05) is 0 Å². The molecule has 0 bridgehead atoms. The highest BCUT2D eigenvalue weighted by atomic mass is 16.5. The maximum Gasteiger partial charge on any atom is 0.274 e. The lowest BCUT2D eigenvalue weighted by Crippen LogP contribution is -2.12. The van der Waals surface area contributed by atoms with E-state index in [4.69, 9.17) is 4.74 Å². The Balaban J connectivity index is 2.05. The predicted octanol–water partition coefficient (Wildman–Crippen LogP) is 3.60. The second kappa shape index (κ2) is 6.20. The van der Waals surface area contributed by atoms with Crippen molar-refractivity contribution >= 4 is 22.9 Å². The Kier molecular flexibility index (Phi) is 4.08. The number of ether oxygens (including phenoxy) is 1. The van der Waals surface area contributed by atoms with Gasteiger partial charge in [0.15, 0.2) is 0 Å². The smallest absolute Gasteiger partial charge is 0.274 e. The number of nitrogens with one attached hydrogen (secondary N) is 1. The molecule has 0 fully saturated rings. The number of methoxy groups -OCH3 is 1. The Labute approximate surface area is 139 Å². The van der Waals surface area contributed by atoms with Gasteiger partial charge in [-0.05, 0) is 61.4 Å². The number of aromatic amines is 1. The minimum Gasteiger partial charge on any atom is -0.507 e. The van der Waals surface area contributed by atoms with Gasteiger partial charge >= 0.3 is 0 Å². The van der Waals surface area contributed by atoms with Crippen LogP contribution in [0.3, 0.4) is 0 Å². The van der Waals surface area contributed by atoms with Crippen molar-refractivity contribution in [1.29, 1.82) is 0 Å². The molecule has 0 unspecified atom stereocenters. The Bertz CT molecular complexity index is 986. The molecule has 0 radical (unpaired) electrons. The van der Waals surface area contributed by atoms with Crippen LogP contribution in [0.15, 0.2) is 41.2 Å². The largest absolute Gasteiger partial charge is 0.507 e. The molecule has 1 heterocycles. The van der Waals surface area contributed by atoms with Crippen LogP contribution in [-0.4, -0.2) is 22.2 Å². The lowest BCUT2D eigenvalue weighted by atomic mass is 10.1. The maximum absolute atomic E-state index is 12.2. The summed E-state index contributed by atoms with van der Waals surface area (Å²) in [5.41, 5.74) is 3.96. The van der Waals surface area contributed by atoms with Gasteiger partial charge in [0, 0.05) is 11.6 Å². The van der Waals surface area contributed by atoms with E-state index in [-0.39, 0.29) is 17.0 Å². The molecule has 0 spiro atoms. The first kappa shape index (κ1) is 15.8. The van der Waals surface area contributed by atoms with Crippen LogP contribution in [-0.2, 0) is 0 Å². The molecule has 3 rings (SSSR count). The minimum absolute atomic E-state index is 0.0289. The summed E-state index contributed by atoms with van der Waals surface area (Å²) in [5, 5.41) is 10.3. The van der Waals surface area contributed by atoms with Crippen molar-refractivity contribution in [2.75, 3.05) is 7.11 Å². The molecular formula is C19H18N2O3. The van der Waals surface area contributed by atoms with E-state index in [1.54, 1.807) is 31.4 Å². The monoisotopic (exact) mass is 322 g/mol. The van der Waals surface area contributed by atoms with E-state index in [1.165, 1.54) is 6.08 Å². The third kappa shape index (κ3) is 3.01. The molecule has 0 aliphatic carbocycles. The number of fused-ring (bicyclic) bond motifs is 1. The van der Waals surface area contributed by atoms with Gasteiger partial charge < -0.3 is 14.8 Å². The number of H-pyrrole nitrogens is 1. The van der Waals surface area contributed by atoms with Gasteiger partial charge in [-0.15, -0.1) is 0 Å². The molecule has 5 nitrogen and oxygen atoms in total. The van der Waals surface area contributed by atoms with E-state index >= 15 is 0 Å². The van der Waals surface area contributed by atoms with Crippen LogP contribution < -0.4 is 10.3 Å². The van der Waals surface area contributed by atoms with Crippen LogP contribution in [0.4, 0.5) is 0 Å². The number of aromatic nitrogens is 2. The van der Waals surface area contributed by atoms with Gasteiger partial charge in [-0.3, -0.25) is 4.79 Å². The predicted molar refractivity (Wildman–Crippen MR) is 95.3 cm³/mol. The van der Waals surface area contributed by atoms with E-state index in [0.717, 1.165) is 11.1 Å². The highest BCUT2D eigenvalue weighted by Gasteiger charge is 2.07.